The summed E-state index contributed by atoms with van der Waals surface area (Å²) in [6.07, 6.45) is 3.39. The smallest absolute Gasteiger partial charge is 0.229 e. The number of carbonyl (C=O) groups excluding carboxylic acids is 1. The Hall–Kier alpha value is -2.63. The third-order valence-electron chi connectivity index (χ3n) is 6.06. The van der Waals surface area contributed by atoms with Gasteiger partial charge in [-0.1, -0.05) is 22.9 Å². The van der Waals surface area contributed by atoms with Gasteiger partial charge >= 0.3 is 0 Å². The lowest BCUT2D eigenvalue weighted by atomic mass is 9.99. The molecule has 4 rings (SSSR count). The molecule has 182 valence electrons. The van der Waals surface area contributed by atoms with Crippen molar-refractivity contribution < 1.29 is 15.0 Å². The number of fused-ring (bicyclic) bond motifs is 1. The molecule has 1 amide bonds. The number of carbonyl (C=O) groups is 1. The second-order valence-electron chi connectivity index (χ2n) is 8.39. The van der Waals surface area contributed by atoms with Crippen LogP contribution in [0.25, 0.3) is 22.2 Å². The number of nitrogens with zero attached hydrogens (tertiary/aromatic N) is 5. The number of rotatable bonds is 10. The van der Waals surface area contributed by atoms with Crippen molar-refractivity contribution >= 4 is 34.4 Å². The zero-order valence-corrected chi connectivity index (χ0v) is 19.7. The fourth-order valence-corrected chi connectivity index (χ4v) is 4.40. The van der Waals surface area contributed by atoms with Crippen LogP contribution in [0.1, 0.15) is 12.8 Å². The van der Waals surface area contributed by atoms with Crippen molar-refractivity contribution in [2.45, 2.75) is 19.4 Å². The predicted molar refractivity (Wildman–Crippen MR) is 131 cm³/mol. The number of hydrogen-bond donors (Lipinski definition) is 4. The van der Waals surface area contributed by atoms with Crippen LogP contribution in [0.15, 0.2) is 30.5 Å². The summed E-state index contributed by atoms with van der Waals surface area (Å²) >= 11 is 6.48. The van der Waals surface area contributed by atoms with E-state index in [-0.39, 0.29) is 25.0 Å². The van der Waals surface area contributed by atoms with Gasteiger partial charge in [-0.15, -0.1) is 5.10 Å². The van der Waals surface area contributed by atoms with Crippen molar-refractivity contribution in [3.05, 3.63) is 35.5 Å². The fraction of sp³-hybridized carbons (Fsp3) is 0.478. The predicted octanol–water partition coefficient (Wildman–Crippen LogP) is 1.37. The Morgan fingerprint density at radius 3 is 2.79 bits per heavy atom. The van der Waals surface area contributed by atoms with E-state index in [4.69, 9.17) is 11.6 Å². The first-order valence-electron chi connectivity index (χ1n) is 11.5. The number of benzene rings is 1. The molecule has 1 aliphatic heterocycles. The maximum Gasteiger partial charge on any atom is 0.229 e. The van der Waals surface area contributed by atoms with E-state index >= 15 is 0 Å². The number of aliphatic hydroxyl groups excluding tert-OH is 2. The van der Waals surface area contributed by atoms with E-state index in [1.54, 1.807) is 16.9 Å². The molecule has 3 aromatic rings. The Balaban J connectivity index is 1.54. The molecule has 3 heterocycles. The normalized spacial score (nSPS) is 16.3. The number of hydrogen-bond acceptors (Lipinski definition) is 8. The highest BCUT2D eigenvalue weighted by molar-refractivity contribution is 6.33. The molecule has 1 unspecified atom stereocenters. The van der Waals surface area contributed by atoms with Crippen LogP contribution in [0, 0.1) is 5.92 Å². The SMILES string of the molecule is O=C(Nc1cc(-c2ccc3nnn(CCN(CCO)CCO)c3c2)c(Cl)cn1)C1CCCNC1. The van der Waals surface area contributed by atoms with E-state index in [9.17, 15) is 15.0 Å². The van der Waals surface area contributed by atoms with Gasteiger partial charge in [0.1, 0.15) is 11.3 Å². The van der Waals surface area contributed by atoms with E-state index in [1.807, 2.05) is 23.1 Å². The van der Waals surface area contributed by atoms with Crippen LogP contribution in [0.3, 0.4) is 0 Å². The fourth-order valence-electron chi connectivity index (χ4n) is 4.18. The number of aromatic nitrogens is 4. The molecule has 1 fully saturated rings. The van der Waals surface area contributed by atoms with Gasteiger partial charge in [-0.3, -0.25) is 9.69 Å². The molecule has 1 atom stereocenters. The second kappa shape index (κ2) is 11.7. The molecule has 10 nitrogen and oxygen atoms in total. The molecule has 1 aliphatic rings. The summed E-state index contributed by atoms with van der Waals surface area (Å²) in [6.45, 7) is 3.81. The Labute approximate surface area is 202 Å². The topological polar surface area (TPSA) is 128 Å². The standard InChI is InChI=1S/C23H30ClN7O3/c24-19-15-26-22(27-23(34)17-2-1-5-25-14-17)13-18(19)16-3-4-20-21(12-16)31(29-28-20)7-6-30(8-10-32)9-11-33/h3-4,12-13,15,17,25,32-33H,1-2,5-11,14H2,(H,26,27,34). The van der Waals surface area contributed by atoms with E-state index in [0.717, 1.165) is 41.5 Å². The van der Waals surface area contributed by atoms with Crippen molar-refractivity contribution in [2.24, 2.45) is 5.92 Å². The minimum absolute atomic E-state index is 0.0267. The molecule has 2 aromatic heterocycles. The third kappa shape index (κ3) is 5.89. The van der Waals surface area contributed by atoms with Crippen molar-refractivity contribution in [3.8, 4) is 11.1 Å². The maximum atomic E-state index is 12.6. The summed E-state index contributed by atoms with van der Waals surface area (Å²) in [7, 11) is 0. The van der Waals surface area contributed by atoms with Crippen LogP contribution < -0.4 is 10.6 Å². The van der Waals surface area contributed by atoms with Gasteiger partial charge in [-0.25, -0.2) is 9.67 Å². The number of nitrogens with one attached hydrogen (secondary N) is 2. The lowest BCUT2D eigenvalue weighted by molar-refractivity contribution is -0.120. The number of halogens is 1. The molecule has 0 aliphatic carbocycles. The monoisotopic (exact) mass is 487 g/mol. The first kappa shape index (κ1) is 24.5. The summed E-state index contributed by atoms with van der Waals surface area (Å²) in [5.41, 5.74) is 3.21. The largest absolute Gasteiger partial charge is 0.395 e. The number of aliphatic hydroxyl groups is 2. The summed E-state index contributed by atoms with van der Waals surface area (Å²) in [4.78, 5) is 18.9. The van der Waals surface area contributed by atoms with Gasteiger partial charge in [-0.2, -0.15) is 0 Å². The summed E-state index contributed by atoms with van der Waals surface area (Å²) in [5, 5.41) is 33.6. The molecule has 11 heteroatoms. The van der Waals surface area contributed by atoms with Gasteiger partial charge < -0.3 is 20.8 Å². The van der Waals surface area contributed by atoms with Crippen molar-refractivity contribution in [1.82, 2.24) is 30.2 Å². The summed E-state index contributed by atoms with van der Waals surface area (Å²) in [5.74, 6) is 0.356. The molecule has 34 heavy (non-hydrogen) atoms. The minimum atomic E-state index is -0.0670. The molecular formula is C23H30ClN7O3. The molecule has 0 saturated carbocycles. The van der Waals surface area contributed by atoms with E-state index in [0.29, 0.717) is 43.6 Å². The van der Waals surface area contributed by atoms with Gasteiger partial charge in [0, 0.05) is 37.9 Å². The second-order valence-corrected chi connectivity index (χ2v) is 8.79. The van der Waals surface area contributed by atoms with Gasteiger partial charge in [-0.05, 0) is 43.1 Å². The van der Waals surface area contributed by atoms with Crippen LogP contribution in [0.2, 0.25) is 5.02 Å². The molecule has 0 bridgehead atoms. The summed E-state index contributed by atoms with van der Waals surface area (Å²) in [6, 6.07) is 7.56. The van der Waals surface area contributed by atoms with Gasteiger partial charge in [0.25, 0.3) is 0 Å². The molecule has 1 saturated heterocycles. The van der Waals surface area contributed by atoms with Crippen LogP contribution in [0.5, 0.6) is 0 Å². The third-order valence-corrected chi connectivity index (χ3v) is 6.36. The molecule has 0 spiro atoms. The Morgan fingerprint density at radius 1 is 1.24 bits per heavy atom. The van der Waals surface area contributed by atoms with Crippen molar-refractivity contribution in [3.63, 3.8) is 0 Å². The van der Waals surface area contributed by atoms with Crippen molar-refractivity contribution in [2.75, 3.05) is 51.3 Å². The average Bonchev–Trinajstić information content (AvgIpc) is 3.26. The van der Waals surface area contributed by atoms with Gasteiger partial charge in [0.15, 0.2) is 0 Å². The van der Waals surface area contributed by atoms with E-state index in [2.05, 4.69) is 25.9 Å². The number of pyridine rings is 1. The van der Waals surface area contributed by atoms with E-state index < -0.39 is 0 Å². The highest BCUT2D eigenvalue weighted by atomic mass is 35.5. The lowest BCUT2D eigenvalue weighted by Gasteiger charge is -2.21. The highest BCUT2D eigenvalue weighted by Gasteiger charge is 2.21. The molecule has 0 radical (unpaired) electrons. The number of amides is 1. The highest BCUT2D eigenvalue weighted by Crippen LogP contribution is 2.31. The summed E-state index contributed by atoms with van der Waals surface area (Å²) < 4.78 is 1.80. The van der Waals surface area contributed by atoms with Crippen LogP contribution in [-0.2, 0) is 11.3 Å². The van der Waals surface area contributed by atoms with Gasteiger partial charge in [0.05, 0.1) is 36.2 Å². The molecule has 4 N–H and O–H groups in total. The zero-order valence-electron chi connectivity index (χ0n) is 19.0. The Morgan fingerprint density at radius 2 is 2.06 bits per heavy atom. The first-order valence-corrected chi connectivity index (χ1v) is 11.9. The molecule has 1 aromatic carbocycles. The van der Waals surface area contributed by atoms with Crippen LogP contribution in [-0.4, -0.2) is 86.9 Å². The maximum absolute atomic E-state index is 12.6. The zero-order chi connectivity index (χ0) is 23.9. The minimum Gasteiger partial charge on any atom is -0.395 e. The van der Waals surface area contributed by atoms with Crippen LogP contribution in [0.4, 0.5) is 5.82 Å². The van der Waals surface area contributed by atoms with Crippen LogP contribution >= 0.6 is 11.6 Å². The number of piperidine rings is 1. The molecular weight excluding hydrogens is 458 g/mol. The Kier molecular flexibility index (Phi) is 8.41. The van der Waals surface area contributed by atoms with Gasteiger partial charge in [0.2, 0.25) is 5.91 Å². The number of anilines is 1. The van der Waals surface area contributed by atoms with Crippen molar-refractivity contribution in [1.29, 1.82) is 0 Å². The Bertz CT molecular complexity index is 1110. The average molecular weight is 488 g/mol. The quantitative estimate of drug-likeness (QED) is 0.337. The lowest BCUT2D eigenvalue weighted by Crippen LogP contribution is -2.37. The first-order chi connectivity index (χ1) is 16.6. The van der Waals surface area contributed by atoms with E-state index in [1.165, 1.54) is 0 Å².